The first-order chi connectivity index (χ1) is 14.9. The van der Waals surface area contributed by atoms with E-state index >= 15 is 0 Å². The third-order valence-corrected chi connectivity index (χ3v) is 4.70. The van der Waals surface area contributed by atoms with Crippen LogP contribution in [0.1, 0.15) is 21.5 Å². The van der Waals surface area contributed by atoms with Crippen molar-refractivity contribution in [3.05, 3.63) is 97.5 Å². The number of hydrogen-bond donors (Lipinski definition) is 1. The van der Waals surface area contributed by atoms with Crippen LogP contribution in [0.25, 0.3) is 0 Å². The number of amides is 1. The zero-order chi connectivity index (χ0) is 22.4. The van der Waals surface area contributed by atoms with Crippen molar-refractivity contribution in [1.29, 1.82) is 5.26 Å². The van der Waals surface area contributed by atoms with Crippen LogP contribution in [-0.2, 0) is 0 Å². The number of hydrogen-bond acceptors (Lipinski definition) is 6. The minimum Gasteiger partial charge on any atom is -0.456 e. The first-order valence-corrected chi connectivity index (χ1v) is 9.38. The largest absolute Gasteiger partial charge is 0.456 e. The SMILES string of the molecule is N#Cc1cc([N+](=O)[O-])ccc1Oc1ccc(/C=N\NC(=O)c2ccc(Cl)c(Cl)c2)cc1. The van der Waals surface area contributed by atoms with Crippen LogP contribution in [0.3, 0.4) is 0 Å². The summed E-state index contributed by atoms with van der Waals surface area (Å²) in [7, 11) is 0. The number of benzene rings is 3. The Morgan fingerprint density at radius 2 is 1.84 bits per heavy atom. The van der Waals surface area contributed by atoms with Gasteiger partial charge in [-0.2, -0.15) is 10.4 Å². The summed E-state index contributed by atoms with van der Waals surface area (Å²) in [4.78, 5) is 22.3. The number of nitrogens with zero attached hydrogens (tertiary/aromatic N) is 3. The highest BCUT2D eigenvalue weighted by Crippen LogP contribution is 2.28. The highest BCUT2D eigenvalue weighted by molar-refractivity contribution is 6.42. The number of nitrogens with one attached hydrogen (secondary N) is 1. The molecule has 0 aliphatic rings. The third kappa shape index (κ3) is 5.57. The van der Waals surface area contributed by atoms with Gasteiger partial charge in [-0.15, -0.1) is 0 Å². The predicted molar refractivity (Wildman–Crippen MR) is 116 cm³/mol. The summed E-state index contributed by atoms with van der Waals surface area (Å²) in [6.45, 7) is 0. The second-order valence-corrected chi connectivity index (χ2v) is 6.86. The number of ether oxygens (including phenoxy) is 1. The van der Waals surface area contributed by atoms with Crippen LogP contribution < -0.4 is 10.2 Å². The van der Waals surface area contributed by atoms with E-state index in [0.29, 0.717) is 21.9 Å². The molecule has 0 radical (unpaired) electrons. The zero-order valence-electron chi connectivity index (χ0n) is 15.6. The van der Waals surface area contributed by atoms with Gasteiger partial charge < -0.3 is 4.74 Å². The van der Waals surface area contributed by atoms with Crippen LogP contribution >= 0.6 is 23.2 Å². The van der Waals surface area contributed by atoms with Crippen molar-refractivity contribution >= 4 is 41.0 Å². The Bertz CT molecular complexity index is 1220. The Balaban J connectivity index is 1.64. The fourth-order valence-corrected chi connectivity index (χ4v) is 2.72. The summed E-state index contributed by atoms with van der Waals surface area (Å²) in [5, 5.41) is 24.5. The van der Waals surface area contributed by atoms with E-state index in [1.807, 2.05) is 6.07 Å². The molecule has 3 aromatic rings. The van der Waals surface area contributed by atoms with Gasteiger partial charge in [-0.3, -0.25) is 14.9 Å². The Labute approximate surface area is 186 Å². The van der Waals surface area contributed by atoms with E-state index in [4.69, 9.17) is 27.9 Å². The van der Waals surface area contributed by atoms with Gasteiger partial charge in [-0.1, -0.05) is 23.2 Å². The lowest BCUT2D eigenvalue weighted by Crippen LogP contribution is -2.17. The van der Waals surface area contributed by atoms with Gasteiger partial charge >= 0.3 is 0 Å². The number of nitro benzene ring substituents is 1. The molecule has 0 unspecified atom stereocenters. The number of rotatable bonds is 6. The lowest BCUT2D eigenvalue weighted by atomic mass is 10.2. The summed E-state index contributed by atoms with van der Waals surface area (Å²) in [6, 6.07) is 16.8. The van der Waals surface area contributed by atoms with Gasteiger partial charge in [0, 0.05) is 17.7 Å². The van der Waals surface area contributed by atoms with E-state index in [-0.39, 0.29) is 22.0 Å². The Kier molecular flexibility index (Phi) is 6.82. The average molecular weight is 455 g/mol. The molecule has 1 N–H and O–H groups in total. The van der Waals surface area contributed by atoms with E-state index in [2.05, 4.69) is 10.5 Å². The van der Waals surface area contributed by atoms with Crippen LogP contribution in [0.5, 0.6) is 11.5 Å². The molecule has 0 aromatic heterocycles. The molecule has 154 valence electrons. The smallest absolute Gasteiger partial charge is 0.271 e. The van der Waals surface area contributed by atoms with Crippen LogP contribution in [0, 0.1) is 21.4 Å². The van der Waals surface area contributed by atoms with Gasteiger partial charge in [0.25, 0.3) is 11.6 Å². The molecule has 0 fully saturated rings. The molecule has 3 rings (SSSR count). The van der Waals surface area contributed by atoms with Crippen molar-refractivity contribution in [1.82, 2.24) is 5.43 Å². The Morgan fingerprint density at radius 1 is 1.10 bits per heavy atom. The fourth-order valence-electron chi connectivity index (χ4n) is 2.42. The first-order valence-electron chi connectivity index (χ1n) is 8.62. The standard InChI is InChI=1S/C21H12Cl2N4O4/c22-18-7-3-14(10-19(18)23)21(28)26-25-12-13-1-5-17(6-2-13)31-20-8-4-16(27(29)30)9-15(20)11-24/h1-10,12H,(H,26,28)/b25-12-. The van der Waals surface area contributed by atoms with Crippen molar-refractivity contribution in [3.63, 3.8) is 0 Å². The molecule has 1 amide bonds. The summed E-state index contributed by atoms with van der Waals surface area (Å²) >= 11 is 11.7. The number of halogens is 2. The molecule has 0 saturated carbocycles. The molecule has 0 saturated heterocycles. The summed E-state index contributed by atoms with van der Waals surface area (Å²) < 4.78 is 5.63. The van der Waals surface area contributed by atoms with Crippen molar-refractivity contribution in [2.45, 2.75) is 0 Å². The quantitative estimate of drug-likeness (QED) is 0.306. The molecular weight excluding hydrogens is 443 g/mol. The van der Waals surface area contributed by atoms with Crippen LogP contribution in [0.4, 0.5) is 5.69 Å². The molecule has 8 nitrogen and oxygen atoms in total. The van der Waals surface area contributed by atoms with Gasteiger partial charge in [0.2, 0.25) is 0 Å². The second kappa shape index (κ2) is 9.71. The molecule has 10 heteroatoms. The Hall–Kier alpha value is -3.93. The third-order valence-electron chi connectivity index (χ3n) is 3.96. The van der Waals surface area contributed by atoms with E-state index in [0.717, 1.165) is 6.07 Å². The van der Waals surface area contributed by atoms with E-state index < -0.39 is 10.8 Å². The highest BCUT2D eigenvalue weighted by Gasteiger charge is 2.12. The van der Waals surface area contributed by atoms with Gasteiger partial charge in [-0.25, -0.2) is 5.43 Å². The molecule has 0 aliphatic heterocycles. The first kappa shape index (κ1) is 21.8. The van der Waals surface area contributed by atoms with Crippen LogP contribution in [0.2, 0.25) is 10.0 Å². The maximum atomic E-state index is 12.1. The van der Waals surface area contributed by atoms with E-state index in [1.165, 1.54) is 36.5 Å². The fraction of sp³-hybridized carbons (Fsp3) is 0. The Morgan fingerprint density at radius 3 is 2.48 bits per heavy atom. The maximum Gasteiger partial charge on any atom is 0.271 e. The highest BCUT2D eigenvalue weighted by atomic mass is 35.5. The van der Waals surface area contributed by atoms with Gasteiger partial charge in [0.15, 0.2) is 0 Å². The van der Waals surface area contributed by atoms with Crippen molar-refractivity contribution < 1.29 is 14.5 Å². The van der Waals surface area contributed by atoms with E-state index in [1.54, 1.807) is 24.3 Å². The minimum absolute atomic E-state index is 0.0462. The van der Waals surface area contributed by atoms with Crippen molar-refractivity contribution in [2.75, 3.05) is 0 Å². The number of carbonyl (C=O) groups excluding carboxylic acids is 1. The number of nitriles is 1. The van der Waals surface area contributed by atoms with Gasteiger partial charge in [-0.05, 0) is 54.1 Å². The summed E-state index contributed by atoms with van der Waals surface area (Å²) in [6.07, 6.45) is 1.44. The lowest BCUT2D eigenvalue weighted by molar-refractivity contribution is -0.384. The molecule has 0 spiro atoms. The normalized spacial score (nSPS) is 10.5. The molecule has 31 heavy (non-hydrogen) atoms. The molecule has 0 aliphatic carbocycles. The lowest BCUT2D eigenvalue weighted by Gasteiger charge is -2.07. The predicted octanol–water partition coefficient (Wildman–Crippen LogP) is 5.33. The number of non-ortho nitro benzene ring substituents is 1. The van der Waals surface area contributed by atoms with E-state index in [9.17, 15) is 20.2 Å². The number of hydrazone groups is 1. The van der Waals surface area contributed by atoms with Crippen LogP contribution in [0.15, 0.2) is 65.8 Å². The second-order valence-electron chi connectivity index (χ2n) is 6.05. The topological polar surface area (TPSA) is 118 Å². The number of nitro groups is 1. The molecule has 0 heterocycles. The summed E-state index contributed by atoms with van der Waals surface area (Å²) in [5.41, 5.74) is 3.22. The minimum atomic E-state index is -0.584. The average Bonchev–Trinajstić information content (AvgIpc) is 2.76. The monoisotopic (exact) mass is 454 g/mol. The van der Waals surface area contributed by atoms with Gasteiger partial charge in [0.1, 0.15) is 23.1 Å². The maximum absolute atomic E-state index is 12.1. The number of carbonyl (C=O) groups is 1. The zero-order valence-corrected chi connectivity index (χ0v) is 17.1. The van der Waals surface area contributed by atoms with Crippen molar-refractivity contribution in [3.8, 4) is 17.6 Å². The molecule has 3 aromatic carbocycles. The van der Waals surface area contributed by atoms with Gasteiger partial charge in [0.05, 0.1) is 21.2 Å². The molecule has 0 bridgehead atoms. The molecule has 0 atom stereocenters. The molecular formula is C21H12Cl2N4O4. The summed E-state index contributed by atoms with van der Waals surface area (Å²) in [5.74, 6) is 0.169. The van der Waals surface area contributed by atoms with Crippen molar-refractivity contribution in [2.24, 2.45) is 5.10 Å². The van der Waals surface area contributed by atoms with Crippen LogP contribution in [-0.4, -0.2) is 17.0 Å².